The largest absolute Gasteiger partial charge is 0.476 e. The van der Waals surface area contributed by atoms with Crippen LogP contribution in [-0.2, 0) is 6.54 Å². The van der Waals surface area contributed by atoms with Crippen LogP contribution in [0.15, 0.2) is 23.6 Å². The maximum Gasteiger partial charge on any atom is 0.355 e. The van der Waals surface area contributed by atoms with E-state index in [1.807, 2.05) is 0 Å². The quantitative estimate of drug-likeness (QED) is 0.640. The lowest BCUT2D eigenvalue weighted by atomic mass is 10.2. The van der Waals surface area contributed by atoms with Crippen molar-refractivity contribution in [2.75, 3.05) is 5.32 Å². The molecule has 0 aliphatic rings. The molecular formula is C12H8N4O4S. The van der Waals surface area contributed by atoms with Crippen molar-refractivity contribution in [2.45, 2.75) is 6.54 Å². The standard InChI is InChI=1S/C12H8N4O4S/c13-4-7-1-2-8(3-10(7)16(19)20)14-5-11-15-9(6-21-11)12(17)18/h1-3,6,14H,5H2,(H,17,18). The van der Waals surface area contributed by atoms with E-state index in [2.05, 4.69) is 10.3 Å². The van der Waals surface area contributed by atoms with Crippen LogP contribution in [-0.4, -0.2) is 21.0 Å². The number of hydrogen-bond acceptors (Lipinski definition) is 7. The van der Waals surface area contributed by atoms with Crippen LogP contribution in [0.2, 0.25) is 0 Å². The Morgan fingerprint density at radius 1 is 1.57 bits per heavy atom. The number of aromatic carboxylic acids is 1. The van der Waals surface area contributed by atoms with E-state index >= 15 is 0 Å². The molecule has 2 N–H and O–H groups in total. The summed E-state index contributed by atoms with van der Waals surface area (Å²) < 4.78 is 0. The third-order valence-electron chi connectivity index (χ3n) is 2.53. The van der Waals surface area contributed by atoms with Crippen molar-refractivity contribution in [1.29, 1.82) is 5.26 Å². The van der Waals surface area contributed by atoms with E-state index in [1.165, 1.54) is 34.9 Å². The van der Waals surface area contributed by atoms with Gasteiger partial charge in [-0.25, -0.2) is 9.78 Å². The first-order valence-corrected chi connectivity index (χ1v) is 6.49. The van der Waals surface area contributed by atoms with Gasteiger partial charge in [0.25, 0.3) is 5.69 Å². The zero-order valence-corrected chi connectivity index (χ0v) is 11.3. The smallest absolute Gasteiger partial charge is 0.355 e. The molecule has 1 aromatic carbocycles. The molecule has 0 aliphatic carbocycles. The number of rotatable bonds is 5. The number of hydrogen-bond donors (Lipinski definition) is 2. The van der Waals surface area contributed by atoms with Gasteiger partial charge in [0.05, 0.1) is 11.5 Å². The molecule has 0 spiro atoms. The molecule has 0 saturated carbocycles. The first-order valence-electron chi connectivity index (χ1n) is 5.61. The third kappa shape index (κ3) is 3.31. The number of nitrogens with zero attached hydrogens (tertiary/aromatic N) is 3. The highest BCUT2D eigenvalue weighted by Crippen LogP contribution is 2.23. The Hall–Kier alpha value is -2.99. The second kappa shape index (κ2) is 5.98. The molecule has 0 unspecified atom stereocenters. The van der Waals surface area contributed by atoms with Crippen LogP contribution >= 0.6 is 11.3 Å². The van der Waals surface area contributed by atoms with Crippen molar-refractivity contribution < 1.29 is 14.8 Å². The third-order valence-corrected chi connectivity index (χ3v) is 3.38. The number of nitro groups is 1. The van der Waals surface area contributed by atoms with Gasteiger partial charge in [0.1, 0.15) is 16.6 Å². The van der Waals surface area contributed by atoms with Gasteiger partial charge in [0.15, 0.2) is 5.69 Å². The summed E-state index contributed by atoms with van der Waals surface area (Å²) in [4.78, 5) is 24.8. The van der Waals surface area contributed by atoms with Crippen molar-refractivity contribution in [3.8, 4) is 6.07 Å². The van der Waals surface area contributed by atoms with Gasteiger partial charge < -0.3 is 10.4 Å². The van der Waals surface area contributed by atoms with E-state index in [1.54, 1.807) is 6.07 Å². The van der Waals surface area contributed by atoms with Gasteiger partial charge >= 0.3 is 5.97 Å². The number of thiazole rings is 1. The minimum Gasteiger partial charge on any atom is -0.476 e. The molecule has 0 bridgehead atoms. The number of carboxylic acid groups (broad SMARTS) is 1. The summed E-state index contributed by atoms with van der Waals surface area (Å²) in [5.41, 5.74) is 0.108. The first-order chi connectivity index (χ1) is 10.0. The molecule has 0 amide bonds. The molecular weight excluding hydrogens is 296 g/mol. The highest BCUT2D eigenvalue weighted by molar-refractivity contribution is 7.09. The fourth-order valence-electron chi connectivity index (χ4n) is 1.56. The van der Waals surface area contributed by atoms with Gasteiger partial charge in [0.2, 0.25) is 0 Å². The molecule has 106 valence electrons. The second-order valence-electron chi connectivity index (χ2n) is 3.89. The Bertz CT molecular complexity index is 750. The fraction of sp³-hybridized carbons (Fsp3) is 0.0833. The summed E-state index contributed by atoms with van der Waals surface area (Å²) in [5.74, 6) is -1.11. The second-order valence-corrected chi connectivity index (χ2v) is 4.83. The van der Waals surface area contributed by atoms with E-state index in [0.29, 0.717) is 10.7 Å². The Morgan fingerprint density at radius 2 is 2.33 bits per heavy atom. The molecule has 0 saturated heterocycles. The van der Waals surface area contributed by atoms with Crippen molar-refractivity contribution in [1.82, 2.24) is 4.98 Å². The molecule has 0 radical (unpaired) electrons. The minimum absolute atomic E-state index is 0.0204. The zero-order valence-electron chi connectivity index (χ0n) is 10.4. The number of carbonyl (C=O) groups is 1. The van der Waals surface area contributed by atoms with Crippen LogP contribution in [0.3, 0.4) is 0 Å². The Balaban J connectivity index is 2.13. The highest BCUT2D eigenvalue weighted by Gasteiger charge is 2.14. The summed E-state index contributed by atoms with van der Waals surface area (Å²) in [6, 6.07) is 5.89. The molecule has 0 fully saturated rings. The first kappa shape index (κ1) is 14.4. The fourth-order valence-corrected chi connectivity index (χ4v) is 2.26. The summed E-state index contributed by atoms with van der Waals surface area (Å²) in [7, 11) is 0. The van der Waals surface area contributed by atoms with Gasteiger partial charge in [-0.2, -0.15) is 5.26 Å². The summed E-state index contributed by atoms with van der Waals surface area (Å²) in [5, 5.41) is 33.2. The van der Waals surface area contributed by atoms with Gasteiger partial charge in [-0.15, -0.1) is 11.3 Å². The predicted octanol–water partition coefficient (Wildman–Crippen LogP) is 2.23. The van der Waals surface area contributed by atoms with Gasteiger partial charge in [-0.3, -0.25) is 10.1 Å². The van der Waals surface area contributed by atoms with Gasteiger partial charge in [-0.1, -0.05) is 0 Å². The summed E-state index contributed by atoms with van der Waals surface area (Å²) in [6.45, 7) is 0.237. The number of carboxylic acids is 1. The number of aromatic nitrogens is 1. The van der Waals surface area contributed by atoms with Crippen LogP contribution in [0.4, 0.5) is 11.4 Å². The average Bonchev–Trinajstić information content (AvgIpc) is 2.94. The van der Waals surface area contributed by atoms with Crippen LogP contribution in [0.5, 0.6) is 0 Å². The van der Waals surface area contributed by atoms with Crippen molar-refractivity contribution >= 4 is 28.7 Å². The molecule has 1 aromatic heterocycles. The Kier molecular flexibility index (Phi) is 4.10. The maximum absolute atomic E-state index is 10.8. The van der Waals surface area contributed by atoms with Crippen LogP contribution in [0.25, 0.3) is 0 Å². The lowest BCUT2D eigenvalue weighted by Crippen LogP contribution is -2.02. The van der Waals surface area contributed by atoms with Crippen LogP contribution in [0.1, 0.15) is 21.1 Å². The number of nitro benzene ring substituents is 1. The van der Waals surface area contributed by atoms with Crippen molar-refractivity contribution in [2.24, 2.45) is 0 Å². The topological polar surface area (TPSA) is 129 Å². The lowest BCUT2D eigenvalue weighted by Gasteiger charge is -2.04. The molecule has 2 rings (SSSR count). The monoisotopic (exact) mass is 304 g/mol. The van der Waals surface area contributed by atoms with Gasteiger partial charge in [-0.05, 0) is 12.1 Å². The average molecular weight is 304 g/mol. The number of anilines is 1. The van der Waals surface area contributed by atoms with Gasteiger partial charge in [0, 0.05) is 17.1 Å². The molecule has 9 heteroatoms. The van der Waals surface area contributed by atoms with E-state index < -0.39 is 10.9 Å². The zero-order chi connectivity index (χ0) is 15.4. The summed E-state index contributed by atoms with van der Waals surface area (Å²) in [6.07, 6.45) is 0. The maximum atomic E-state index is 10.8. The molecule has 21 heavy (non-hydrogen) atoms. The Labute approximate surface area is 122 Å². The van der Waals surface area contributed by atoms with E-state index in [4.69, 9.17) is 10.4 Å². The van der Waals surface area contributed by atoms with E-state index in [0.717, 1.165) is 0 Å². The van der Waals surface area contributed by atoms with Crippen molar-refractivity contribution in [3.05, 3.63) is 50.0 Å². The van der Waals surface area contributed by atoms with Crippen LogP contribution < -0.4 is 5.32 Å². The lowest BCUT2D eigenvalue weighted by molar-refractivity contribution is -0.385. The van der Waals surface area contributed by atoms with E-state index in [9.17, 15) is 14.9 Å². The molecule has 1 heterocycles. The predicted molar refractivity (Wildman–Crippen MR) is 74.2 cm³/mol. The van der Waals surface area contributed by atoms with Crippen molar-refractivity contribution in [3.63, 3.8) is 0 Å². The summed E-state index contributed by atoms with van der Waals surface area (Å²) >= 11 is 1.17. The molecule has 0 atom stereocenters. The SMILES string of the molecule is N#Cc1ccc(NCc2nc(C(=O)O)cs2)cc1[N+](=O)[O-]. The highest BCUT2D eigenvalue weighted by atomic mass is 32.1. The molecule has 0 aliphatic heterocycles. The molecule has 2 aromatic rings. The molecule has 8 nitrogen and oxygen atoms in total. The normalized spacial score (nSPS) is 9.86. The number of benzene rings is 1. The minimum atomic E-state index is -1.11. The number of nitriles is 1. The van der Waals surface area contributed by atoms with Crippen LogP contribution in [0, 0.1) is 21.4 Å². The Morgan fingerprint density at radius 3 is 2.90 bits per heavy atom. The number of nitrogens with one attached hydrogen (secondary N) is 1. The van der Waals surface area contributed by atoms with E-state index in [-0.39, 0.29) is 23.5 Å².